The van der Waals surface area contributed by atoms with Crippen LogP contribution in [0.3, 0.4) is 0 Å². The Morgan fingerprint density at radius 3 is 2.77 bits per heavy atom. The molecular weight excluding hydrogens is 538 g/mol. The lowest BCUT2D eigenvalue weighted by molar-refractivity contribution is 0.240. The predicted molar refractivity (Wildman–Crippen MR) is 150 cm³/mol. The predicted octanol–water partition coefficient (Wildman–Crippen LogP) is 5.82. The van der Waals surface area contributed by atoms with Crippen LogP contribution in [0.2, 0.25) is 5.15 Å². The van der Waals surface area contributed by atoms with Gasteiger partial charge in [0, 0.05) is 49.9 Å². The third-order valence-corrected chi connectivity index (χ3v) is 6.79. The van der Waals surface area contributed by atoms with Gasteiger partial charge in [0.2, 0.25) is 0 Å². The summed E-state index contributed by atoms with van der Waals surface area (Å²) in [5.74, 6) is -0.532. The van der Waals surface area contributed by atoms with Gasteiger partial charge in [0.15, 0.2) is 0 Å². The molecule has 0 bridgehead atoms. The van der Waals surface area contributed by atoms with E-state index in [4.69, 9.17) is 16.9 Å². The summed E-state index contributed by atoms with van der Waals surface area (Å²) in [6.45, 7) is 2.29. The van der Waals surface area contributed by atoms with Gasteiger partial charge < -0.3 is 5.32 Å². The van der Waals surface area contributed by atoms with Gasteiger partial charge in [-0.05, 0) is 59.2 Å². The van der Waals surface area contributed by atoms with E-state index in [9.17, 15) is 14.4 Å². The van der Waals surface area contributed by atoms with Crippen LogP contribution in [0.25, 0.3) is 17.0 Å². The Bertz CT molecular complexity index is 1670. The average Bonchev–Trinajstić information content (AvgIpc) is 3.25. The molecule has 0 saturated carbocycles. The first-order valence-corrected chi connectivity index (χ1v) is 12.4. The van der Waals surface area contributed by atoms with E-state index < -0.39 is 5.82 Å². The molecule has 0 atom stereocenters. The highest BCUT2D eigenvalue weighted by atomic mass is 35.5. The Labute approximate surface area is 236 Å². The molecule has 1 amide bonds. The number of pyridine rings is 1. The van der Waals surface area contributed by atoms with Crippen LogP contribution in [0.4, 0.5) is 9.18 Å². The van der Waals surface area contributed by atoms with Gasteiger partial charge in [-0.3, -0.25) is 9.47 Å². The maximum atomic E-state index is 13.6. The molecule has 10 heteroatoms. The molecule has 0 aliphatic carbocycles. The molecule has 196 valence electrons. The summed E-state index contributed by atoms with van der Waals surface area (Å²) >= 11 is 5.97. The zero-order valence-electron chi connectivity index (χ0n) is 20.7. The number of benzene rings is 2. The van der Waals surface area contributed by atoms with Crippen LogP contribution in [0.5, 0.6) is 0 Å². The number of hydrogen-bond donors (Lipinski definition) is 1. The van der Waals surface area contributed by atoms with Gasteiger partial charge in [-0.25, -0.2) is 14.2 Å². The van der Waals surface area contributed by atoms with Crippen molar-refractivity contribution in [2.75, 3.05) is 13.1 Å². The topological polar surface area (TPSA) is 97.7 Å². The van der Waals surface area contributed by atoms with E-state index in [0.29, 0.717) is 36.8 Å². The van der Waals surface area contributed by atoms with Crippen LogP contribution < -0.4 is 5.32 Å². The maximum Gasteiger partial charge on any atom is 0.326 e. The number of carbonyl (C=O) groups is 1. The average molecular weight is 561 g/mol. The summed E-state index contributed by atoms with van der Waals surface area (Å²) in [6, 6.07) is 17.1. The highest BCUT2D eigenvalue weighted by molar-refractivity contribution is 6.29. The number of halogens is 3. The van der Waals surface area contributed by atoms with Crippen molar-refractivity contribution in [2.24, 2.45) is 0 Å². The van der Waals surface area contributed by atoms with Crippen molar-refractivity contribution in [3.8, 4) is 12.1 Å². The summed E-state index contributed by atoms with van der Waals surface area (Å²) in [7, 11) is 0. The molecule has 0 fully saturated rings. The number of carbonyl (C=O) groups excluding carboxylic acids is 1. The van der Waals surface area contributed by atoms with Gasteiger partial charge >= 0.3 is 6.03 Å². The Morgan fingerprint density at radius 2 is 2.00 bits per heavy atom. The fourth-order valence-electron chi connectivity index (χ4n) is 4.75. The number of rotatable bonds is 5. The molecule has 1 aliphatic heterocycles. The molecule has 0 saturated heterocycles. The van der Waals surface area contributed by atoms with E-state index in [1.807, 2.05) is 30.4 Å². The minimum absolute atomic E-state index is 0. The van der Waals surface area contributed by atoms with Crippen LogP contribution in [-0.4, -0.2) is 33.6 Å². The molecule has 0 radical (unpaired) electrons. The van der Waals surface area contributed by atoms with E-state index in [1.165, 1.54) is 12.1 Å². The van der Waals surface area contributed by atoms with Crippen LogP contribution >= 0.6 is 24.0 Å². The fourth-order valence-corrected chi connectivity index (χ4v) is 4.95. The lowest BCUT2D eigenvalue weighted by Gasteiger charge is -2.27. The molecule has 2 aromatic heterocycles. The third kappa shape index (κ3) is 5.94. The number of hydrogen-bond acceptors (Lipinski definition) is 5. The van der Waals surface area contributed by atoms with Gasteiger partial charge in [-0.15, -0.1) is 12.4 Å². The minimum atomic E-state index is -0.532. The van der Waals surface area contributed by atoms with Crippen LogP contribution in [0, 0.1) is 28.5 Å². The third-order valence-electron chi connectivity index (χ3n) is 6.58. The number of nitrogens with one attached hydrogen (secondary N) is 1. The van der Waals surface area contributed by atoms with Gasteiger partial charge in [0.1, 0.15) is 17.0 Å². The summed E-state index contributed by atoms with van der Waals surface area (Å²) in [5.41, 5.74) is 4.85. The highest BCUT2D eigenvalue weighted by Gasteiger charge is 2.26. The smallest absolute Gasteiger partial charge is 0.326 e. The standard InChI is InChI=1S/C29H22ClFN6O.ClH/c30-28-14-21(7-9-34-28)17-35-29(38)37-26-6-4-20(15-32)13-23(26)24-18-36(11-8-27(24)37)10-1-2-19-3-5-25(31)22(12-19)16-33;/h1-7,9,12-14H,8,10-11,17-18H2,(H,35,38);1H/b2-1+;. The zero-order valence-corrected chi connectivity index (χ0v) is 22.3. The lowest BCUT2D eigenvalue weighted by atomic mass is 10.0. The molecule has 3 heterocycles. The van der Waals surface area contributed by atoms with Crippen molar-refractivity contribution in [2.45, 2.75) is 19.5 Å². The zero-order chi connectivity index (χ0) is 26.6. The minimum Gasteiger partial charge on any atom is -0.333 e. The second kappa shape index (κ2) is 12.1. The molecule has 5 rings (SSSR count). The molecule has 1 aliphatic rings. The van der Waals surface area contributed by atoms with E-state index in [0.717, 1.165) is 39.8 Å². The SMILES string of the molecule is Cl.N#Cc1ccc2c(c1)c1c(n2C(=O)NCc2ccnc(Cl)c2)CCN(C/C=C/c2ccc(F)c(C#N)c2)C1. The summed E-state index contributed by atoms with van der Waals surface area (Å²) in [4.78, 5) is 19.6. The van der Waals surface area contributed by atoms with Gasteiger partial charge in [0.25, 0.3) is 0 Å². The van der Waals surface area contributed by atoms with Crippen molar-refractivity contribution in [3.63, 3.8) is 0 Å². The second-order valence-corrected chi connectivity index (χ2v) is 9.38. The van der Waals surface area contributed by atoms with Crippen molar-refractivity contribution < 1.29 is 9.18 Å². The number of nitrogens with zero attached hydrogens (tertiary/aromatic N) is 5. The van der Waals surface area contributed by atoms with E-state index in [2.05, 4.69) is 21.3 Å². The Morgan fingerprint density at radius 1 is 1.15 bits per heavy atom. The largest absolute Gasteiger partial charge is 0.333 e. The highest BCUT2D eigenvalue weighted by Crippen LogP contribution is 2.32. The maximum absolute atomic E-state index is 13.6. The Kier molecular flexibility index (Phi) is 8.63. The van der Waals surface area contributed by atoms with E-state index >= 15 is 0 Å². The normalized spacial score (nSPS) is 12.9. The first kappa shape index (κ1) is 27.8. The van der Waals surface area contributed by atoms with Crippen molar-refractivity contribution in [1.29, 1.82) is 10.5 Å². The van der Waals surface area contributed by atoms with Crippen LogP contribution in [0.1, 0.15) is 33.5 Å². The second-order valence-electron chi connectivity index (χ2n) is 8.99. The Hall–Kier alpha value is -4.21. The van der Waals surface area contributed by atoms with Crippen LogP contribution in [-0.2, 0) is 19.5 Å². The van der Waals surface area contributed by atoms with Crippen molar-refractivity contribution in [3.05, 3.63) is 105 Å². The summed E-state index contributed by atoms with van der Waals surface area (Å²) in [6.07, 6.45) is 6.10. The number of amides is 1. The molecule has 0 spiro atoms. The number of fused-ring (bicyclic) bond motifs is 3. The van der Waals surface area contributed by atoms with E-state index in [-0.39, 0.29) is 24.0 Å². The number of nitriles is 2. The quantitative estimate of drug-likeness (QED) is 0.310. The van der Waals surface area contributed by atoms with Crippen molar-refractivity contribution in [1.82, 2.24) is 19.8 Å². The first-order valence-electron chi connectivity index (χ1n) is 12.0. The molecule has 7 nitrogen and oxygen atoms in total. The Balaban J connectivity index is 0.00000353. The number of aromatic nitrogens is 2. The fraction of sp³-hybridized carbons (Fsp3) is 0.172. The van der Waals surface area contributed by atoms with Crippen molar-refractivity contribution >= 4 is 47.0 Å². The lowest BCUT2D eigenvalue weighted by Crippen LogP contribution is -2.34. The van der Waals surface area contributed by atoms with Gasteiger partial charge in [-0.2, -0.15) is 10.5 Å². The van der Waals surface area contributed by atoms with Gasteiger partial charge in [-0.1, -0.05) is 29.8 Å². The molecule has 1 N–H and O–H groups in total. The molecule has 4 aromatic rings. The summed E-state index contributed by atoms with van der Waals surface area (Å²) < 4.78 is 15.3. The monoisotopic (exact) mass is 560 g/mol. The first-order chi connectivity index (χ1) is 18.5. The van der Waals surface area contributed by atoms with E-state index in [1.54, 1.807) is 35.0 Å². The summed E-state index contributed by atoms with van der Waals surface area (Å²) in [5, 5.41) is 22.7. The van der Waals surface area contributed by atoms with Crippen LogP contribution in [0.15, 0.2) is 60.8 Å². The molecular formula is C29H23Cl2FN6O. The molecule has 2 aromatic carbocycles. The molecule has 39 heavy (non-hydrogen) atoms. The molecule has 0 unspecified atom stereocenters. The van der Waals surface area contributed by atoms with Gasteiger partial charge in [0.05, 0.1) is 22.7 Å².